The molecule has 1 aliphatic carbocycles. The molecular weight excluding hydrogens is 385 g/mol. The summed E-state index contributed by atoms with van der Waals surface area (Å²) in [5.41, 5.74) is -2.10. The summed E-state index contributed by atoms with van der Waals surface area (Å²) in [5, 5.41) is 10.9. The Morgan fingerprint density at radius 3 is 2.62 bits per heavy atom. The molecule has 12 heteroatoms. The van der Waals surface area contributed by atoms with Crippen LogP contribution in [0.4, 0.5) is 27.6 Å². The quantitative estimate of drug-likeness (QED) is 0.748. The lowest BCUT2D eigenvalue weighted by atomic mass is 10.2. The summed E-state index contributed by atoms with van der Waals surface area (Å²) in [5.74, 6) is -0.946. The molecule has 1 aliphatic rings. The Balaban J connectivity index is 1.84. The molecule has 3 rings (SSSR count). The molecule has 142 valence electrons. The van der Waals surface area contributed by atoms with Crippen molar-refractivity contribution < 1.29 is 26.7 Å². The lowest BCUT2D eigenvalue weighted by Crippen LogP contribution is -2.22. The smallest absolute Gasteiger partial charge is 0.321 e. The number of nitrogens with one attached hydrogen (secondary N) is 2. The molecular formula is C14H13ClF5N5O. The molecule has 0 spiro atoms. The molecule has 0 atom stereocenters. The van der Waals surface area contributed by atoms with Crippen molar-refractivity contribution in [3.8, 4) is 0 Å². The summed E-state index contributed by atoms with van der Waals surface area (Å²) in [6.07, 6.45) is -6.24. The lowest BCUT2D eigenvalue weighted by Gasteiger charge is -2.10. The van der Waals surface area contributed by atoms with Crippen molar-refractivity contribution in [3.63, 3.8) is 0 Å². The number of aryl methyl sites for hydroxylation is 1. The predicted molar refractivity (Wildman–Crippen MR) is 81.1 cm³/mol. The molecule has 0 aliphatic heterocycles. The average Bonchev–Trinajstić information content (AvgIpc) is 3.20. The number of hydrogen-bond acceptors (Lipinski definition) is 3. The van der Waals surface area contributed by atoms with Crippen LogP contribution in [0.15, 0.2) is 0 Å². The molecule has 0 saturated heterocycles. The topological polar surface area (TPSA) is 75.6 Å². The average molecular weight is 398 g/mol. The molecule has 2 heterocycles. The van der Waals surface area contributed by atoms with Crippen LogP contribution in [-0.4, -0.2) is 25.9 Å². The van der Waals surface area contributed by atoms with Gasteiger partial charge in [-0.15, -0.1) is 0 Å². The second-order valence-corrected chi connectivity index (χ2v) is 6.31. The molecule has 1 amide bonds. The van der Waals surface area contributed by atoms with Crippen LogP contribution in [0, 0.1) is 6.92 Å². The van der Waals surface area contributed by atoms with Gasteiger partial charge in [-0.25, -0.2) is 8.78 Å². The summed E-state index contributed by atoms with van der Waals surface area (Å²) in [4.78, 5) is 12.2. The van der Waals surface area contributed by atoms with Crippen molar-refractivity contribution in [1.29, 1.82) is 0 Å². The first kappa shape index (κ1) is 18.6. The molecule has 0 radical (unpaired) electrons. The van der Waals surface area contributed by atoms with Gasteiger partial charge in [-0.2, -0.15) is 23.4 Å². The first-order chi connectivity index (χ1) is 12.1. The Morgan fingerprint density at radius 2 is 2.08 bits per heavy atom. The van der Waals surface area contributed by atoms with E-state index in [0.717, 1.165) is 17.5 Å². The molecule has 2 N–H and O–H groups in total. The van der Waals surface area contributed by atoms with Gasteiger partial charge < -0.3 is 5.32 Å². The fourth-order valence-corrected chi connectivity index (χ4v) is 2.95. The number of alkyl halides is 5. The van der Waals surface area contributed by atoms with Crippen LogP contribution in [0.25, 0.3) is 0 Å². The van der Waals surface area contributed by atoms with E-state index >= 15 is 0 Å². The molecule has 6 nitrogen and oxygen atoms in total. The van der Waals surface area contributed by atoms with Gasteiger partial charge in [0.1, 0.15) is 12.2 Å². The van der Waals surface area contributed by atoms with E-state index in [9.17, 15) is 26.7 Å². The van der Waals surface area contributed by atoms with Gasteiger partial charge in [0, 0.05) is 5.92 Å². The van der Waals surface area contributed by atoms with Gasteiger partial charge in [-0.3, -0.25) is 14.6 Å². The second-order valence-electron chi connectivity index (χ2n) is 5.94. The zero-order valence-electron chi connectivity index (χ0n) is 13.3. The van der Waals surface area contributed by atoms with E-state index < -0.39 is 42.1 Å². The Labute approximate surface area is 148 Å². The fourth-order valence-electron chi connectivity index (χ4n) is 2.58. The highest BCUT2D eigenvalue weighted by molar-refractivity contribution is 6.32. The van der Waals surface area contributed by atoms with Crippen molar-refractivity contribution in [2.75, 3.05) is 5.32 Å². The Bertz CT molecular complexity index is 840. The molecule has 26 heavy (non-hydrogen) atoms. The van der Waals surface area contributed by atoms with E-state index in [1.807, 2.05) is 0 Å². The van der Waals surface area contributed by atoms with Crippen LogP contribution in [0.1, 0.15) is 48.0 Å². The third kappa shape index (κ3) is 3.53. The van der Waals surface area contributed by atoms with E-state index in [0.29, 0.717) is 5.69 Å². The third-order valence-electron chi connectivity index (χ3n) is 3.90. The van der Waals surface area contributed by atoms with Crippen molar-refractivity contribution in [3.05, 3.63) is 27.8 Å². The van der Waals surface area contributed by atoms with Crippen LogP contribution in [-0.2, 0) is 17.5 Å². The summed E-state index contributed by atoms with van der Waals surface area (Å²) >= 11 is 5.94. The molecule has 2 aromatic heterocycles. The summed E-state index contributed by atoms with van der Waals surface area (Å²) < 4.78 is 65.7. The summed E-state index contributed by atoms with van der Waals surface area (Å²) in [6.45, 7) is 0.771. The number of amides is 1. The largest absolute Gasteiger partial charge is 0.437 e. The van der Waals surface area contributed by atoms with Gasteiger partial charge in [0.2, 0.25) is 5.91 Å². The van der Waals surface area contributed by atoms with E-state index in [-0.39, 0.29) is 16.6 Å². The summed E-state index contributed by atoms with van der Waals surface area (Å²) in [7, 11) is 0. The van der Waals surface area contributed by atoms with Crippen molar-refractivity contribution in [2.45, 2.75) is 44.8 Å². The van der Waals surface area contributed by atoms with Gasteiger partial charge in [-0.05, 0) is 19.8 Å². The van der Waals surface area contributed by atoms with Gasteiger partial charge >= 0.3 is 6.18 Å². The standard InChI is InChI=1S/C14H13ClF5N5O/c1-5-9(12(23-22-5)14(18,19)20)21-7(26)4-25-11(6-2-3-6)8(15)10(24-25)13(16)17/h6,13H,2-4H2,1H3,(H,21,26)(H,22,23). The number of nitrogens with zero attached hydrogens (tertiary/aromatic N) is 3. The Morgan fingerprint density at radius 1 is 1.42 bits per heavy atom. The monoisotopic (exact) mass is 397 g/mol. The van der Waals surface area contributed by atoms with Crippen molar-refractivity contribution in [2.24, 2.45) is 0 Å². The molecule has 0 bridgehead atoms. The van der Waals surface area contributed by atoms with Gasteiger partial charge in [0.25, 0.3) is 6.43 Å². The molecule has 2 aromatic rings. The van der Waals surface area contributed by atoms with Crippen molar-refractivity contribution >= 4 is 23.2 Å². The Hall–Kier alpha value is -2.17. The maximum Gasteiger partial charge on any atom is 0.437 e. The highest BCUT2D eigenvalue weighted by Gasteiger charge is 2.38. The van der Waals surface area contributed by atoms with Gasteiger partial charge in [-0.1, -0.05) is 11.6 Å². The number of aromatic amines is 1. The number of aromatic nitrogens is 4. The lowest BCUT2D eigenvalue weighted by molar-refractivity contribution is -0.140. The third-order valence-corrected chi connectivity index (χ3v) is 4.29. The number of anilines is 1. The number of H-pyrrole nitrogens is 1. The number of rotatable bonds is 5. The zero-order valence-corrected chi connectivity index (χ0v) is 14.0. The van der Waals surface area contributed by atoms with Crippen molar-refractivity contribution in [1.82, 2.24) is 20.0 Å². The fraction of sp³-hybridized carbons (Fsp3) is 0.500. The van der Waals surface area contributed by atoms with E-state index in [2.05, 4.69) is 20.6 Å². The van der Waals surface area contributed by atoms with Gasteiger partial charge in [0.15, 0.2) is 5.69 Å². The second kappa shape index (κ2) is 6.53. The SMILES string of the molecule is Cc1[nH]nc(C(F)(F)F)c1NC(=O)Cn1nc(C(F)F)c(Cl)c1C1CC1. The number of carbonyl (C=O) groups excluding carboxylic acids is 1. The van der Waals surface area contributed by atoms with Crippen LogP contribution < -0.4 is 5.32 Å². The van der Waals surface area contributed by atoms with Crippen LogP contribution in [0.5, 0.6) is 0 Å². The van der Waals surface area contributed by atoms with Gasteiger partial charge in [0.05, 0.1) is 22.1 Å². The van der Waals surface area contributed by atoms with E-state index in [1.165, 1.54) is 6.92 Å². The van der Waals surface area contributed by atoms with Crippen LogP contribution >= 0.6 is 11.6 Å². The molecule has 1 saturated carbocycles. The first-order valence-corrected chi connectivity index (χ1v) is 7.93. The minimum atomic E-state index is -4.76. The number of halogens is 6. The number of hydrogen-bond donors (Lipinski definition) is 2. The highest BCUT2D eigenvalue weighted by Crippen LogP contribution is 2.45. The minimum Gasteiger partial charge on any atom is -0.321 e. The van der Waals surface area contributed by atoms with E-state index in [1.54, 1.807) is 0 Å². The summed E-state index contributed by atoms with van der Waals surface area (Å²) in [6, 6.07) is 0. The maximum absolute atomic E-state index is 13.0. The zero-order chi connectivity index (χ0) is 19.2. The molecule has 1 fully saturated rings. The van der Waals surface area contributed by atoms with E-state index in [4.69, 9.17) is 11.6 Å². The molecule has 0 unspecified atom stereocenters. The predicted octanol–water partition coefficient (Wildman–Crippen LogP) is 4.04. The molecule has 0 aromatic carbocycles. The van der Waals surface area contributed by atoms with Crippen LogP contribution in [0.3, 0.4) is 0 Å². The first-order valence-electron chi connectivity index (χ1n) is 7.55. The number of carbonyl (C=O) groups is 1. The highest BCUT2D eigenvalue weighted by atomic mass is 35.5. The van der Waals surface area contributed by atoms with Crippen LogP contribution in [0.2, 0.25) is 5.02 Å². The normalized spacial score (nSPS) is 14.9. The Kier molecular flexibility index (Phi) is 4.67. The maximum atomic E-state index is 13.0. The minimum absolute atomic E-state index is 0.0138.